The third-order valence-electron chi connectivity index (χ3n) is 3.39. The molecule has 1 aromatic heterocycles. The Labute approximate surface area is 125 Å². The fraction of sp³-hybridized carbons (Fsp3) is 0.0625. The lowest BCUT2D eigenvalue weighted by atomic mass is 10.1. The fourth-order valence-corrected chi connectivity index (χ4v) is 2.27. The number of nitrogens with zero attached hydrogens (tertiary/aromatic N) is 2. The first-order valence-electron chi connectivity index (χ1n) is 6.68. The minimum atomic E-state index is -0.457. The molecule has 0 saturated heterocycles. The topological polar surface area (TPSA) is 92.1 Å². The molecule has 0 amide bonds. The van der Waals surface area contributed by atoms with E-state index in [2.05, 4.69) is 10.2 Å². The Kier molecular flexibility index (Phi) is 3.67. The lowest BCUT2D eigenvalue weighted by Crippen LogP contribution is -1.94. The maximum absolute atomic E-state index is 11.1. The van der Waals surface area contributed by atoms with E-state index in [4.69, 9.17) is 5.11 Å². The molecule has 6 nitrogen and oxygen atoms in total. The fourth-order valence-electron chi connectivity index (χ4n) is 2.27. The summed E-state index contributed by atoms with van der Waals surface area (Å²) in [6.45, 7) is -0.227. The first kappa shape index (κ1) is 14.0. The van der Waals surface area contributed by atoms with E-state index in [0.29, 0.717) is 11.1 Å². The molecule has 110 valence electrons. The van der Waals surface area contributed by atoms with Gasteiger partial charge in [-0.05, 0) is 29.8 Å². The third kappa shape index (κ3) is 2.59. The standard InChI is InChI=1S/C16H13N3O3/c20-10-11-5-6-12(16(9-11)19(21)22)7-8-15-13-3-1-2-4-14(13)17-18-15/h1-9,20H,10H2,(H,17,18)/b8-7+. The van der Waals surface area contributed by atoms with E-state index >= 15 is 0 Å². The zero-order valence-electron chi connectivity index (χ0n) is 11.6. The molecule has 0 spiro atoms. The summed E-state index contributed by atoms with van der Waals surface area (Å²) in [5.74, 6) is 0. The number of nitro groups is 1. The zero-order valence-corrected chi connectivity index (χ0v) is 11.6. The Bertz CT molecular complexity index is 868. The number of rotatable bonds is 4. The molecule has 3 aromatic rings. The van der Waals surface area contributed by atoms with Crippen molar-refractivity contribution in [3.63, 3.8) is 0 Å². The van der Waals surface area contributed by atoms with Crippen LogP contribution in [0.2, 0.25) is 0 Å². The molecular weight excluding hydrogens is 282 g/mol. The van der Waals surface area contributed by atoms with Crippen LogP contribution in [0, 0.1) is 10.1 Å². The average molecular weight is 295 g/mol. The number of benzene rings is 2. The number of aromatic amines is 1. The highest BCUT2D eigenvalue weighted by molar-refractivity contribution is 5.89. The minimum absolute atomic E-state index is 0.0392. The van der Waals surface area contributed by atoms with E-state index in [9.17, 15) is 10.1 Å². The molecule has 6 heteroatoms. The summed E-state index contributed by atoms with van der Waals surface area (Å²) in [7, 11) is 0. The van der Waals surface area contributed by atoms with Crippen LogP contribution in [0.1, 0.15) is 16.8 Å². The van der Waals surface area contributed by atoms with Crippen molar-refractivity contribution in [1.82, 2.24) is 10.2 Å². The molecule has 0 aliphatic heterocycles. The largest absolute Gasteiger partial charge is 0.392 e. The molecule has 0 saturated carbocycles. The number of fused-ring (bicyclic) bond motifs is 1. The Morgan fingerprint density at radius 3 is 2.82 bits per heavy atom. The number of hydrogen-bond acceptors (Lipinski definition) is 4. The van der Waals surface area contributed by atoms with Gasteiger partial charge in [-0.1, -0.05) is 24.3 Å². The summed E-state index contributed by atoms with van der Waals surface area (Å²) < 4.78 is 0. The van der Waals surface area contributed by atoms with Crippen molar-refractivity contribution >= 4 is 28.7 Å². The second-order valence-electron chi connectivity index (χ2n) is 4.80. The summed E-state index contributed by atoms with van der Waals surface area (Å²) in [4.78, 5) is 10.7. The van der Waals surface area contributed by atoms with Crippen molar-refractivity contribution in [2.45, 2.75) is 6.61 Å². The summed E-state index contributed by atoms with van der Waals surface area (Å²) in [5.41, 5.74) is 2.56. The van der Waals surface area contributed by atoms with Crippen LogP contribution in [0.3, 0.4) is 0 Å². The molecule has 3 rings (SSSR count). The van der Waals surface area contributed by atoms with Gasteiger partial charge in [-0.25, -0.2) is 0 Å². The van der Waals surface area contributed by atoms with Crippen LogP contribution < -0.4 is 0 Å². The van der Waals surface area contributed by atoms with Crippen LogP contribution in [0.25, 0.3) is 23.1 Å². The number of aliphatic hydroxyl groups excluding tert-OH is 1. The second kappa shape index (κ2) is 5.79. The van der Waals surface area contributed by atoms with Gasteiger partial charge in [0.05, 0.1) is 28.3 Å². The SMILES string of the molecule is O=[N+]([O-])c1cc(CO)ccc1/C=C/c1n[nH]c2ccccc12. The number of nitro benzene ring substituents is 1. The third-order valence-corrected chi connectivity index (χ3v) is 3.39. The van der Waals surface area contributed by atoms with Crippen LogP contribution in [0.15, 0.2) is 42.5 Å². The summed E-state index contributed by atoms with van der Waals surface area (Å²) in [6.07, 6.45) is 3.39. The van der Waals surface area contributed by atoms with Crippen molar-refractivity contribution in [3.8, 4) is 0 Å². The van der Waals surface area contributed by atoms with Gasteiger partial charge in [-0.3, -0.25) is 15.2 Å². The van der Waals surface area contributed by atoms with E-state index in [1.165, 1.54) is 6.07 Å². The highest BCUT2D eigenvalue weighted by atomic mass is 16.6. The van der Waals surface area contributed by atoms with Gasteiger partial charge in [0.15, 0.2) is 0 Å². The molecule has 0 fully saturated rings. The maximum atomic E-state index is 11.1. The highest BCUT2D eigenvalue weighted by Crippen LogP contribution is 2.24. The van der Waals surface area contributed by atoms with Crippen LogP contribution in [-0.4, -0.2) is 20.2 Å². The van der Waals surface area contributed by atoms with Crippen LogP contribution >= 0.6 is 0 Å². The molecule has 0 bridgehead atoms. The molecule has 1 heterocycles. The zero-order chi connectivity index (χ0) is 15.5. The smallest absolute Gasteiger partial charge is 0.276 e. The van der Waals surface area contributed by atoms with E-state index in [-0.39, 0.29) is 12.3 Å². The molecule has 0 unspecified atom stereocenters. The lowest BCUT2D eigenvalue weighted by molar-refractivity contribution is -0.385. The van der Waals surface area contributed by atoms with Crippen LogP contribution in [0.4, 0.5) is 5.69 Å². The van der Waals surface area contributed by atoms with Gasteiger partial charge in [0.1, 0.15) is 0 Å². The van der Waals surface area contributed by atoms with E-state index in [0.717, 1.165) is 16.6 Å². The molecule has 0 aliphatic carbocycles. The monoisotopic (exact) mass is 295 g/mol. The Balaban J connectivity index is 2.00. The summed E-state index contributed by atoms with van der Waals surface area (Å²) in [6, 6.07) is 12.3. The Morgan fingerprint density at radius 1 is 1.23 bits per heavy atom. The quantitative estimate of drug-likeness (QED) is 0.571. The molecule has 0 radical (unpaired) electrons. The van der Waals surface area contributed by atoms with Crippen molar-refractivity contribution in [2.24, 2.45) is 0 Å². The van der Waals surface area contributed by atoms with Crippen LogP contribution in [0.5, 0.6) is 0 Å². The molecule has 0 atom stereocenters. The van der Waals surface area contributed by atoms with Crippen molar-refractivity contribution in [1.29, 1.82) is 0 Å². The average Bonchev–Trinajstić information content (AvgIpc) is 2.96. The van der Waals surface area contributed by atoms with Gasteiger partial charge in [-0.2, -0.15) is 5.10 Å². The Morgan fingerprint density at radius 2 is 2.05 bits per heavy atom. The maximum Gasteiger partial charge on any atom is 0.276 e. The van der Waals surface area contributed by atoms with Gasteiger partial charge >= 0.3 is 0 Å². The summed E-state index contributed by atoms with van der Waals surface area (Å²) >= 11 is 0. The molecule has 0 aliphatic rings. The Hall–Kier alpha value is -2.99. The second-order valence-corrected chi connectivity index (χ2v) is 4.80. The number of aromatic nitrogens is 2. The van der Waals surface area contributed by atoms with Gasteiger partial charge < -0.3 is 5.11 Å². The number of aliphatic hydroxyl groups is 1. The number of nitrogens with one attached hydrogen (secondary N) is 1. The van der Waals surface area contributed by atoms with Gasteiger partial charge in [0, 0.05) is 11.5 Å². The first-order valence-corrected chi connectivity index (χ1v) is 6.68. The van der Waals surface area contributed by atoms with Gasteiger partial charge in [0.2, 0.25) is 0 Å². The van der Waals surface area contributed by atoms with Crippen molar-refractivity contribution in [2.75, 3.05) is 0 Å². The predicted molar refractivity (Wildman–Crippen MR) is 84.0 cm³/mol. The first-order chi connectivity index (χ1) is 10.7. The van der Waals surface area contributed by atoms with E-state index in [1.807, 2.05) is 24.3 Å². The van der Waals surface area contributed by atoms with Crippen molar-refractivity contribution in [3.05, 3.63) is 69.4 Å². The minimum Gasteiger partial charge on any atom is -0.392 e. The van der Waals surface area contributed by atoms with Crippen LogP contribution in [-0.2, 0) is 6.61 Å². The van der Waals surface area contributed by atoms with Gasteiger partial charge in [0.25, 0.3) is 5.69 Å². The lowest BCUT2D eigenvalue weighted by Gasteiger charge is -2.00. The highest BCUT2D eigenvalue weighted by Gasteiger charge is 2.12. The van der Waals surface area contributed by atoms with E-state index < -0.39 is 4.92 Å². The number of H-pyrrole nitrogens is 1. The van der Waals surface area contributed by atoms with Gasteiger partial charge in [-0.15, -0.1) is 0 Å². The normalized spacial score (nSPS) is 11.3. The molecular formula is C16H13N3O3. The van der Waals surface area contributed by atoms with Crippen molar-refractivity contribution < 1.29 is 10.0 Å². The molecule has 2 aromatic carbocycles. The molecule has 2 N–H and O–H groups in total. The number of hydrogen-bond donors (Lipinski definition) is 2. The number of para-hydroxylation sites is 1. The molecule has 22 heavy (non-hydrogen) atoms. The van der Waals surface area contributed by atoms with E-state index in [1.54, 1.807) is 24.3 Å². The summed E-state index contributed by atoms with van der Waals surface area (Å²) in [5, 5.41) is 28.3. The predicted octanol–water partition coefficient (Wildman–Crippen LogP) is 3.13.